The van der Waals surface area contributed by atoms with Gasteiger partial charge in [-0.15, -0.1) is 0 Å². The molecular formula is C16H19FO5. The van der Waals surface area contributed by atoms with E-state index in [-0.39, 0.29) is 32.4 Å². The van der Waals surface area contributed by atoms with Crippen LogP contribution >= 0.6 is 0 Å². The summed E-state index contributed by atoms with van der Waals surface area (Å²) in [6.45, 7) is -0.0283. The van der Waals surface area contributed by atoms with Gasteiger partial charge in [0, 0.05) is 37.8 Å². The lowest BCUT2D eigenvalue weighted by atomic mass is 10.0. The van der Waals surface area contributed by atoms with Gasteiger partial charge in [-0.1, -0.05) is 6.07 Å². The number of hydrogen-bond donors (Lipinski definition) is 1. The summed E-state index contributed by atoms with van der Waals surface area (Å²) in [5.41, 5.74) is 0.407. The molecule has 0 aliphatic carbocycles. The van der Waals surface area contributed by atoms with Gasteiger partial charge in [0.25, 0.3) is 0 Å². The van der Waals surface area contributed by atoms with Crippen LogP contribution in [0, 0.1) is 5.82 Å². The van der Waals surface area contributed by atoms with Crippen LogP contribution in [0.2, 0.25) is 0 Å². The maximum atomic E-state index is 14.1. The highest BCUT2D eigenvalue weighted by Crippen LogP contribution is 2.35. The topological polar surface area (TPSA) is 57.2 Å². The van der Waals surface area contributed by atoms with Crippen LogP contribution in [0.3, 0.4) is 0 Å². The second-order valence-electron chi connectivity index (χ2n) is 4.62. The fourth-order valence-electron chi connectivity index (χ4n) is 2.25. The van der Waals surface area contributed by atoms with Crippen molar-refractivity contribution in [2.24, 2.45) is 0 Å². The second kappa shape index (κ2) is 7.93. The summed E-state index contributed by atoms with van der Waals surface area (Å²) >= 11 is 0. The van der Waals surface area contributed by atoms with Gasteiger partial charge in [0.1, 0.15) is 17.3 Å². The van der Waals surface area contributed by atoms with Gasteiger partial charge in [0.05, 0.1) is 0 Å². The molecular weight excluding hydrogens is 291 g/mol. The Morgan fingerprint density at radius 1 is 1.05 bits per heavy atom. The molecule has 2 rings (SSSR count). The van der Waals surface area contributed by atoms with Crippen molar-refractivity contribution >= 4 is 10.8 Å². The van der Waals surface area contributed by atoms with Crippen LogP contribution in [0.5, 0.6) is 11.5 Å². The molecule has 0 saturated heterocycles. The van der Waals surface area contributed by atoms with Crippen LogP contribution in [0.25, 0.3) is 10.8 Å². The van der Waals surface area contributed by atoms with Gasteiger partial charge >= 0.3 is 0 Å². The third-order valence-corrected chi connectivity index (χ3v) is 3.14. The van der Waals surface area contributed by atoms with Crippen molar-refractivity contribution in [3.05, 3.63) is 35.6 Å². The van der Waals surface area contributed by atoms with Gasteiger partial charge < -0.3 is 24.1 Å². The Balaban J connectivity index is 2.56. The molecule has 0 aromatic heterocycles. The zero-order valence-corrected chi connectivity index (χ0v) is 12.6. The molecule has 120 valence electrons. The average molecular weight is 310 g/mol. The molecule has 2 aromatic carbocycles. The third kappa shape index (κ3) is 3.65. The lowest BCUT2D eigenvalue weighted by Gasteiger charge is -2.15. The summed E-state index contributed by atoms with van der Waals surface area (Å²) in [5, 5.41) is 10.5. The van der Waals surface area contributed by atoms with E-state index in [9.17, 15) is 4.39 Å². The molecule has 1 N–H and O–H groups in total. The van der Waals surface area contributed by atoms with Crippen LogP contribution < -0.4 is 9.47 Å². The number of fused-ring (bicyclic) bond motifs is 1. The molecule has 0 spiro atoms. The van der Waals surface area contributed by atoms with E-state index in [1.807, 2.05) is 0 Å². The molecule has 0 bridgehead atoms. The molecule has 6 heteroatoms. The molecule has 0 fully saturated rings. The van der Waals surface area contributed by atoms with Gasteiger partial charge in [-0.2, -0.15) is 0 Å². The first-order valence-corrected chi connectivity index (χ1v) is 6.80. The molecule has 0 saturated carbocycles. The zero-order chi connectivity index (χ0) is 15.9. The van der Waals surface area contributed by atoms with E-state index in [4.69, 9.17) is 24.1 Å². The predicted octanol–water partition coefficient (Wildman–Crippen LogP) is 2.48. The van der Waals surface area contributed by atoms with Crippen molar-refractivity contribution in [3.63, 3.8) is 0 Å². The van der Waals surface area contributed by atoms with E-state index in [1.165, 1.54) is 20.3 Å². The zero-order valence-electron chi connectivity index (χ0n) is 12.6. The Morgan fingerprint density at radius 3 is 2.45 bits per heavy atom. The Hall–Kier alpha value is -1.89. The van der Waals surface area contributed by atoms with E-state index >= 15 is 0 Å². The molecule has 5 nitrogen and oxygen atoms in total. The molecule has 0 unspecified atom stereocenters. The molecule has 0 aliphatic heterocycles. The van der Waals surface area contributed by atoms with Crippen molar-refractivity contribution < 1.29 is 28.4 Å². The number of halogens is 1. The van der Waals surface area contributed by atoms with E-state index in [0.717, 1.165) is 5.39 Å². The minimum absolute atomic E-state index is 0.0257. The Labute approximate surface area is 128 Å². The number of ether oxygens (including phenoxy) is 4. The smallest absolute Gasteiger partial charge is 0.188 e. The van der Waals surface area contributed by atoms with Crippen molar-refractivity contribution in [1.82, 2.24) is 0 Å². The Morgan fingerprint density at radius 2 is 1.77 bits per heavy atom. The largest absolute Gasteiger partial charge is 0.467 e. The summed E-state index contributed by atoms with van der Waals surface area (Å²) in [5.74, 6) is 0.602. The van der Waals surface area contributed by atoms with E-state index in [2.05, 4.69) is 0 Å². The highest BCUT2D eigenvalue weighted by Gasteiger charge is 2.14. The minimum atomic E-state index is -0.380. The molecule has 0 heterocycles. The van der Waals surface area contributed by atoms with Crippen LogP contribution in [-0.2, 0) is 15.9 Å². The first kappa shape index (κ1) is 16.5. The molecule has 0 atom stereocenters. The van der Waals surface area contributed by atoms with Crippen molar-refractivity contribution in [2.45, 2.75) is 6.42 Å². The summed E-state index contributed by atoms with van der Waals surface area (Å²) < 4.78 is 34.8. The fraction of sp³-hybridized carbons (Fsp3) is 0.375. The lowest BCUT2D eigenvalue weighted by molar-refractivity contribution is 0.0468. The number of rotatable bonds is 8. The number of hydrogen-bond acceptors (Lipinski definition) is 5. The maximum absolute atomic E-state index is 14.1. The second-order valence-corrected chi connectivity index (χ2v) is 4.62. The maximum Gasteiger partial charge on any atom is 0.188 e. The highest BCUT2D eigenvalue weighted by molar-refractivity contribution is 5.93. The van der Waals surface area contributed by atoms with Gasteiger partial charge in [-0.3, -0.25) is 0 Å². The quantitative estimate of drug-likeness (QED) is 0.759. The SMILES string of the molecule is COCOc1cc(OCOC)c2c(CCO)c(F)ccc2c1. The van der Waals surface area contributed by atoms with Crippen molar-refractivity contribution in [3.8, 4) is 11.5 Å². The highest BCUT2D eigenvalue weighted by atomic mass is 19.1. The van der Waals surface area contributed by atoms with Crippen molar-refractivity contribution in [2.75, 3.05) is 34.4 Å². The number of aliphatic hydroxyl groups is 1. The van der Waals surface area contributed by atoms with Crippen LogP contribution in [-0.4, -0.2) is 39.5 Å². The first-order chi connectivity index (χ1) is 10.7. The molecule has 0 aliphatic rings. The van der Waals surface area contributed by atoms with Crippen LogP contribution in [0.4, 0.5) is 4.39 Å². The van der Waals surface area contributed by atoms with Crippen molar-refractivity contribution in [1.29, 1.82) is 0 Å². The number of aliphatic hydroxyl groups excluding tert-OH is 1. The number of benzene rings is 2. The molecule has 2 aromatic rings. The first-order valence-electron chi connectivity index (χ1n) is 6.80. The van der Waals surface area contributed by atoms with E-state index in [1.54, 1.807) is 18.2 Å². The number of methoxy groups -OCH3 is 2. The lowest BCUT2D eigenvalue weighted by Crippen LogP contribution is -2.04. The Kier molecular flexibility index (Phi) is 5.94. The van der Waals surface area contributed by atoms with Gasteiger partial charge in [0.2, 0.25) is 0 Å². The van der Waals surface area contributed by atoms with Crippen LogP contribution in [0.1, 0.15) is 5.56 Å². The summed E-state index contributed by atoms with van der Waals surface area (Å²) in [4.78, 5) is 0. The monoisotopic (exact) mass is 310 g/mol. The van der Waals surface area contributed by atoms with Gasteiger partial charge in [0.15, 0.2) is 13.6 Å². The summed E-state index contributed by atoms with van der Waals surface area (Å²) in [6.07, 6.45) is 0.199. The Bertz CT molecular complexity index is 629. The third-order valence-electron chi connectivity index (χ3n) is 3.14. The van der Waals surface area contributed by atoms with Gasteiger partial charge in [-0.05, 0) is 23.9 Å². The minimum Gasteiger partial charge on any atom is -0.467 e. The van der Waals surface area contributed by atoms with Crippen LogP contribution in [0.15, 0.2) is 24.3 Å². The fourth-order valence-corrected chi connectivity index (χ4v) is 2.25. The molecule has 22 heavy (non-hydrogen) atoms. The molecule has 0 amide bonds. The predicted molar refractivity (Wildman–Crippen MR) is 79.7 cm³/mol. The summed E-state index contributed by atoms with van der Waals surface area (Å²) in [6, 6.07) is 6.44. The van der Waals surface area contributed by atoms with E-state index < -0.39 is 0 Å². The standard InChI is InChI=1S/C16H19FO5/c1-19-9-21-12-7-11-3-4-14(17)13(5-6-18)16(11)15(8-12)22-10-20-2/h3-4,7-8,18H,5-6,9-10H2,1-2H3. The average Bonchev–Trinajstić information content (AvgIpc) is 2.53. The van der Waals surface area contributed by atoms with E-state index in [0.29, 0.717) is 22.4 Å². The van der Waals surface area contributed by atoms with Gasteiger partial charge in [-0.25, -0.2) is 4.39 Å². The molecule has 0 radical (unpaired) electrons. The summed E-state index contributed by atoms with van der Waals surface area (Å²) in [7, 11) is 3.03. The normalized spacial score (nSPS) is 10.9.